The molecule has 0 radical (unpaired) electrons. The molecule has 0 aromatic heterocycles. The number of para-hydroxylation sites is 1. The van der Waals surface area contributed by atoms with Gasteiger partial charge in [0.25, 0.3) is 0 Å². The van der Waals surface area contributed by atoms with Crippen LogP contribution >= 0.6 is 0 Å². The molecule has 2 aromatic rings. The van der Waals surface area contributed by atoms with Gasteiger partial charge in [0.15, 0.2) is 0 Å². The summed E-state index contributed by atoms with van der Waals surface area (Å²) in [6.07, 6.45) is 8.07. The van der Waals surface area contributed by atoms with Gasteiger partial charge in [-0.1, -0.05) is 69.2 Å². The van der Waals surface area contributed by atoms with Crippen molar-refractivity contribution in [2.24, 2.45) is 5.92 Å². The number of nitrogens with zero attached hydrogens (tertiary/aromatic N) is 1. The van der Waals surface area contributed by atoms with Gasteiger partial charge in [-0.05, 0) is 48.4 Å². The van der Waals surface area contributed by atoms with E-state index in [2.05, 4.69) is 38.1 Å². The quantitative estimate of drug-likeness (QED) is 0.613. The Morgan fingerprint density at radius 2 is 1.88 bits per heavy atom. The van der Waals surface area contributed by atoms with Crippen molar-refractivity contribution in [3.8, 4) is 5.75 Å². The van der Waals surface area contributed by atoms with Crippen LogP contribution in [-0.4, -0.2) is 35.2 Å². The molecule has 1 aliphatic carbocycles. The Kier molecular flexibility index (Phi) is 6.71. The predicted octanol–water partition coefficient (Wildman–Crippen LogP) is 5.73. The molecule has 0 unspecified atom stereocenters. The molecule has 170 valence electrons. The van der Waals surface area contributed by atoms with E-state index in [-0.39, 0.29) is 17.9 Å². The van der Waals surface area contributed by atoms with Gasteiger partial charge in [-0.25, -0.2) is 0 Å². The van der Waals surface area contributed by atoms with Crippen LogP contribution in [0.2, 0.25) is 0 Å². The molecule has 0 bridgehead atoms. The number of fused-ring (bicyclic) bond motifs is 1. The average Bonchev–Trinajstić information content (AvgIpc) is 2.81. The van der Waals surface area contributed by atoms with E-state index in [1.807, 2.05) is 35.2 Å². The molecule has 4 rings (SSSR count). The van der Waals surface area contributed by atoms with Gasteiger partial charge in [0.05, 0.1) is 18.8 Å². The van der Waals surface area contributed by atoms with Crippen LogP contribution in [0.1, 0.15) is 74.6 Å². The second-order valence-electron chi connectivity index (χ2n) is 9.58. The minimum absolute atomic E-state index is 0.0125. The molecule has 4 heteroatoms. The van der Waals surface area contributed by atoms with Crippen molar-refractivity contribution in [3.63, 3.8) is 0 Å². The number of hydrogen-bond donors (Lipinski definition) is 1. The molecule has 1 saturated heterocycles. The SMILES string of the molecule is COc1ccccc1[C@H]1[C@H]2CCCC[C@@]2(O)CCN1C(=O)/C=C/c1ccc(C(C)C)cc1. The smallest absolute Gasteiger partial charge is 0.247 e. The molecular weight excluding hydrogens is 398 g/mol. The molecule has 4 nitrogen and oxygen atoms in total. The number of amides is 1. The third kappa shape index (κ3) is 4.47. The molecule has 1 aliphatic heterocycles. The summed E-state index contributed by atoms with van der Waals surface area (Å²) >= 11 is 0. The number of benzene rings is 2. The summed E-state index contributed by atoms with van der Waals surface area (Å²) in [5, 5.41) is 11.5. The van der Waals surface area contributed by atoms with E-state index in [1.54, 1.807) is 13.2 Å². The number of hydrogen-bond acceptors (Lipinski definition) is 3. The van der Waals surface area contributed by atoms with Crippen molar-refractivity contribution in [1.29, 1.82) is 0 Å². The lowest BCUT2D eigenvalue weighted by molar-refractivity contribution is -0.151. The summed E-state index contributed by atoms with van der Waals surface area (Å²) in [7, 11) is 1.67. The first-order valence-electron chi connectivity index (χ1n) is 11.9. The third-order valence-electron chi connectivity index (χ3n) is 7.33. The highest BCUT2D eigenvalue weighted by Crippen LogP contribution is 2.50. The highest BCUT2D eigenvalue weighted by Gasteiger charge is 2.50. The van der Waals surface area contributed by atoms with Gasteiger partial charge < -0.3 is 14.7 Å². The first-order valence-corrected chi connectivity index (χ1v) is 11.9. The Labute approximate surface area is 191 Å². The maximum absolute atomic E-state index is 13.4. The summed E-state index contributed by atoms with van der Waals surface area (Å²) < 4.78 is 5.66. The van der Waals surface area contributed by atoms with E-state index < -0.39 is 5.60 Å². The lowest BCUT2D eigenvalue weighted by Crippen LogP contribution is -2.56. The van der Waals surface area contributed by atoms with Crippen molar-refractivity contribution in [3.05, 3.63) is 71.3 Å². The molecule has 1 saturated carbocycles. The second-order valence-corrected chi connectivity index (χ2v) is 9.58. The third-order valence-corrected chi connectivity index (χ3v) is 7.33. The summed E-state index contributed by atoms with van der Waals surface area (Å²) in [4.78, 5) is 15.4. The van der Waals surface area contributed by atoms with Crippen LogP contribution in [0.15, 0.2) is 54.6 Å². The fourth-order valence-electron chi connectivity index (χ4n) is 5.48. The largest absolute Gasteiger partial charge is 0.496 e. The van der Waals surface area contributed by atoms with E-state index in [1.165, 1.54) is 5.56 Å². The summed E-state index contributed by atoms with van der Waals surface area (Å²) in [6, 6.07) is 16.1. The monoisotopic (exact) mass is 433 g/mol. The van der Waals surface area contributed by atoms with Crippen LogP contribution in [0.3, 0.4) is 0 Å². The van der Waals surface area contributed by atoms with Crippen LogP contribution in [-0.2, 0) is 4.79 Å². The van der Waals surface area contributed by atoms with Crippen molar-refractivity contribution >= 4 is 12.0 Å². The van der Waals surface area contributed by atoms with Gasteiger partial charge in [-0.3, -0.25) is 4.79 Å². The maximum Gasteiger partial charge on any atom is 0.247 e. The molecule has 2 aromatic carbocycles. The van der Waals surface area contributed by atoms with Crippen LogP contribution in [0.25, 0.3) is 6.08 Å². The van der Waals surface area contributed by atoms with Crippen LogP contribution in [0, 0.1) is 5.92 Å². The molecule has 1 heterocycles. The lowest BCUT2D eigenvalue weighted by atomic mass is 9.66. The number of carbonyl (C=O) groups is 1. The molecule has 2 fully saturated rings. The first-order chi connectivity index (χ1) is 15.4. The maximum atomic E-state index is 13.4. The lowest BCUT2D eigenvalue weighted by Gasteiger charge is -2.52. The highest BCUT2D eigenvalue weighted by atomic mass is 16.5. The zero-order valence-electron chi connectivity index (χ0n) is 19.5. The zero-order valence-corrected chi connectivity index (χ0v) is 19.5. The van der Waals surface area contributed by atoms with Crippen molar-refractivity contribution in [2.45, 2.75) is 63.5 Å². The van der Waals surface area contributed by atoms with Gasteiger partial charge in [-0.15, -0.1) is 0 Å². The van der Waals surface area contributed by atoms with Gasteiger partial charge in [0.2, 0.25) is 5.91 Å². The number of methoxy groups -OCH3 is 1. The zero-order chi connectivity index (χ0) is 22.7. The minimum Gasteiger partial charge on any atom is -0.496 e. The normalized spacial score (nSPS) is 25.7. The fourth-order valence-corrected chi connectivity index (χ4v) is 5.48. The molecule has 1 amide bonds. The number of ether oxygens (including phenoxy) is 1. The second kappa shape index (κ2) is 9.50. The Balaban J connectivity index is 1.64. The van der Waals surface area contributed by atoms with E-state index >= 15 is 0 Å². The highest BCUT2D eigenvalue weighted by molar-refractivity contribution is 5.92. The molecule has 0 spiro atoms. The Morgan fingerprint density at radius 1 is 1.12 bits per heavy atom. The Hall–Kier alpha value is -2.59. The topological polar surface area (TPSA) is 49.8 Å². The van der Waals surface area contributed by atoms with Gasteiger partial charge in [0, 0.05) is 24.1 Å². The van der Waals surface area contributed by atoms with Crippen LogP contribution in [0.4, 0.5) is 0 Å². The minimum atomic E-state index is -0.711. The molecule has 3 atom stereocenters. The van der Waals surface area contributed by atoms with Gasteiger partial charge >= 0.3 is 0 Å². The standard InChI is InChI=1S/C28H35NO3/c1-20(2)22-14-11-21(12-15-22)13-16-26(30)29-19-18-28(31)17-7-6-9-24(28)27(29)23-8-4-5-10-25(23)32-3/h4-5,8,10-16,20,24,27,31H,6-7,9,17-19H2,1-3H3/b16-13+/t24-,27+,28-/m1/s1. The van der Waals surface area contributed by atoms with E-state index in [4.69, 9.17) is 4.74 Å². The van der Waals surface area contributed by atoms with Crippen LogP contribution in [0.5, 0.6) is 5.75 Å². The summed E-state index contributed by atoms with van der Waals surface area (Å²) in [6.45, 7) is 4.90. The predicted molar refractivity (Wildman–Crippen MR) is 129 cm³/mol. The van der Waals surface area contributed by atoms with Crippen molar-refractivity contribution < 1.29 is 14.6 Å². The average molecular weight is 434 g/mol. The molecule has 2 aliphatic rings. The number of piperidine rings is 1. The number of likely N-dealkylation sites (tertiary alicyclic amines) is 1. The summed E-state index contributed by atoms with van der Waals surface area (Å²) in [5.41, 5.74) is 2.58. The summed E-state index contributed by atoms with van der Waals surface area (Å²) in [5.74, 6) is 1.27. The van der Waals surface area contributed by atoms with Gasteiger partial charge in [-0.2, -0.15) is 0 Å². The fraction of sp³-hybridized carbons (Fsp3) is 0.464. The number of aliphatic hydroxyl groups is 1. The van der Waals surface area contributed by atoms with E-state index in [0.29, 0.717) is 18.9 Å². The van der Waals surface area contributed by atoms with Gasteiger partial charge in [0.1, 0.15) is 5.75 Å². The molecular formula is C28H35NO3. The number of rotatable bonds is 5. The van der Waals surface area contributed by atoms with Crippen molar-refractivity contribution in [2.75, 3.05) is 13.7 Å². The first kappa shape index (κ1) is 22.6. The number of carbonyl (C=O) groups excluding carboxylic acids is 1. The van der Waals surface area contributed by atoms with E-state index in [9.17, 15) is 9.90 Å². The Bertz CT molecular complexity index is 965. The van der Waals surface area contributed by atoms with Crippen LogP contribution < -0.4 is 4.74 Å². The van der Waals surface area contributed by atoms with E-state index in [0.717, 1.165) is 42.6 Å². The van der Waals surface area contributed by atoms with Crippen molar-refractivity contribution in [1.82, 2.24) is 4.90 Å². The Morgan fingerprint density at radius 3 is 2.59 bits per heavy atom. The molecule has 1 N–H and O–H groups in total. The molecule has 32 heavy (non-hydrogen) atoms.